The van der Waals surface area contributed by atoms with Crippen LogP contribution in [0.2, 0.25) is 0 Å². The second kappa shape index (κ2) is 4.21. The second-order valence-corrected chi connectivity index (χ2v) is 3.08. The monoisotopic (exact) mass is 170 g/mol. The fourth-order valence-electron chi connectivity index (χ4n) is 1.27. The molecule has 0 spiro atoms. The van der Waals surface area contributed by atoms with Gasteiger partial charge in [-0.2, -0.15) is 0 Å². The predicted octanol–water partition coefficient (Wildman–Crippen LogP) is -0.558. The summed E-state index contributed by atoms with van der Waals surface area (Å²) in [5.41, 5.74) is 0. The number of rotatable bonds is 3. The molecule has 12 heavy (non-hydrogen) atoms. The lowest BCUT2D eigenvalue weighted by Crippen LogP contribution is -2.44. The van der Waals surface area contributed by atoms with E-state index in [-0.39, 0.29) is 18.0 Å². The molecule has 0 aromatic carbocycles. The topological polar surface area (TPSA) is 58.2 Å². The lowest BCUT2D eigenvalue weighted by molar-refractivity contribution is -0.125. The molecule has 0 saturated carbocycles. The van der Waals surface area contributed by atoms with E-state index in [4.69, 9.17) is 0 Å². The average molecular weight is 170 g/mol. The Kier molecular flexibility index (Phi) is 3.22. The van der Waals surface area contributed by atoms with Crippen molar-refractivity contribution in [3.8, 4) is 0 Å². The van der Waals surface area contributed by atoms with Crippen LogP contribution >= 0.6 is 0 Å². The number of carbonyl (C=O) groups excluding carboxylic acids is 2. The molecular formula is C8H14N2O2. The van der Waals surface area contributed by atoms with E-state index in [2.05, 4.69) is 10.6 Å². The number of hydrogen-bond donors (Lipinski definition) is 2. The van der Waals surface area contributed by atoms with Gasteiger partial charge in [0.05, 0.1) is 12.1 Å². The van der Waals surface area contributed by atoms with Gasteiger partial charge in [0.2, 0.25) is 5.91 Å². The first-order valence-corrected chi connectivity index (χ1v) is 4.23. The first kappa shape index (κ1) is 9.19. The van der Waals surface area contributed by atoms with Crippen LogP contribution in [0.25, 0.3) is 0 Å². The van der Waals surface area contributed by atoms with Crippen LogP contribution in [0.1, 0.15) is 19.8 Å². The van der Waals surface area contributed by atoms with Crippen LogP contribution in [0, 0.1) is 0 Å². The van der Waals surface area contributed by atoms with Gasteiger partial charge >= 0.3 is 0 Å². The Morgan fingerprint density at radius 1 is 1.75 bits per heavy atom. The van der Waals surface area contributed by atoms with Gasteiger partial charge in [-0.15, -0.1) is 0 Å². The van der Waals surface area contributed by atoms with Crippen molar-refractivity contribution >= 4 is 12.2 Å². The van der Waals surface area contributed by atoms with E-state index in [1.54, 1.807) is 6.92 Å². The van der Waals surface area contributed by atoms with Crippen LogP contribution in [-0.4, -0.2) is 30.8 Å². The molecule has 2 atom stereocenters. The van der Waals surface area contributed by atoms with E-state index in [1.165, 1.54) is 0 Å². The van der Waals surface area contributed by atoms with Gasteiger partial charge in [-0.1, -0.05) is 0 Å². The molecule has 4 heteroatoms. The smallest absolute Gasteiger partial charge is 0.237 e. The maximum absolute atomic E-state index is 11.3. The van der Waals surface area contributed by atoms with E-state index in [9.17, 15) is 9.59 Å². The summed E-state index contributed by atoms with van der Waals surface area (Å²) >= 11 is 0. The Morgan fingerprint density at radius 3 is 3.00 bits per heavy atom. The van der Waals surface area contributed by atoms with E-state index >= 15 is 0 Å². The van der Waals surface area contributed by atoms with Gasteiger partial charge in [-0.05, 0) is 26.3 Å². The van der Waals surface area contributed by atoms with Crippen LogP contribution in [0.15, 0.2) is 0 Å². The van der Waals surface area contributed by atoms with Gasteiger partial charge in [0.15, 0.2) is 0 Å². The molecule has 1 saturated heterocycles. The minimum Gasteiger partial charge on any atom is -0.346 e. The Bertz CT molecular complexity index is 176. The van der Waals surface area contributed by atoms with Crippen molar-refractivity contribution < 1.29 is 9.59 Å². The molecule has 0 radical (unpaired) electrons. The number of amides is 1. The molecule has 1 fully saturated rings. The van der Waals surface area contributed by atoms with Gasteiger partial charge < -0.3 is 15.4 Å². The highest BCUT2D eigenvalue weighted by atomic mass is 16.2. The largest absolute Gasteiger partial charge is 0.346 e. The fraction of sp³-hybridized carbons (Fsp3) is 0.750. The van der Waals surface area contributed by atoms with Gasteiger partial charge in [0.1, 0.15) is 6.29 Å². The Labute approximate surface area is 71.7 Å². The average Bonchev–Trinajstić information content (AvgIpc) is 2.56. The first-order chi connectivity index (χ1) is 5.74. The summed E-state index contributed by atoms with van der Waals surface area (Å²) in [6.07, 6.45) is 2.64. The summed E-state index contributed by atoms with van der Waals surface area (Å²) in [5.74, 6) is -0.0629. The minimum atomic E-state index is -0.375. The molecule has 68 valence electrons. The van der Waals surface area contributed by atoms with Gasteiger partial charge in [-0.3, -0.25) is 4.79 Å². The molecule has 1 aliphatic rings. The Balaban J connectivity index is 2.31. The van der Waals surface area contributed by atoms with Crippen molar-refractivity contribution in [1.29, 1.82) is 0 Å². The molecule has 1 amide bonds. The third kappa shape index (κ3) is 2.30. The summed E-state index contributed by atoms with van der Waals surface area (Å²) in [4.78, 5) is 21.5. The standard InChI is InChI=1S/C8H14N2O2/c1-6(5-11)10-8(12)7-3-2-4-9-7/h5-7,9H,2-4H2,1H3,(H,10,12). The highest BCUT2D eigenvalue weighted by Gasteiger charge is 2.22. The van der Waals surface area contributed by atoms with Crippen LogP contribution in [-0.2, 0) is 9.59 Å². The second-order valence-electron chi connectivity index (χ2n) is 3.08. The fourth-order valence-corrected chi connectivity index (χ4v) is 1.27. The predicted molar refractivity (Wildman–Crippen MR) is 44.7 cm³/mol. The van der Waals surface area contributed by atoms with Crippen LogP contribution in [0.3, 0.4) is 0 Å². The molecule has 0 aliphatic carbocycles. The van der Waals surface area contributed by atoms with Crippen LogP contribution < -0.4 is 10.6 Å². The molecule has 1 rings (SSSR count). The summed E-state index contributed by atoms with van der Waals surface area (Å²) in [5, 5.41) is 5.66. The summed E-state index contributed by atoms with van der Waals surface area (Å²) in [6.45, 7) is 2.56. The van der Waals surface area contributed by atoms with Crippen molar-refractivity contribution in [2.24, 2.45) is 0 Å². The number of nitrogens with one attached hydrogen (secondary N) is 2. The van der Waals surface area contributed by atoms with E-state index in [0.717, 1.165) is 25.7 Å². The summed E-state index contributed by atoms with van der Waals surface area (Å²) < 4.78 is 0. The van der Waals surface area contributed by atoms with Gasteiger partial charge in [0.25, 0.3) is 0 Å². The zero-order valence-corrected chi connectivity index (χ0v) is 7.17. The third-order valence-corrected chi connectivity index (χ3v) is 1.95. The Morgan fingerprint density at radius 2 is 2.50 bits per heavy atom. The summed E-state index contributed by atoms with van der Waals surface area (Å²) in [6, 6.07) is -0.465. The molecule has 0 aromatic heterocycles. The number of carbonyl (C=O) groups is 2. The zero-order valence-electron chi connectivity index (χ0n) is 7.17. The molecular weight excluding hydrogens is 156 g/mol. The molecule has 1 heterocycles. The van der Waals surface area contributed by atoms with Crippen molar-refractivity contribution in [3.05, 3.63) is 0 Å². The molecule has 1 aliphatic heterocycles. The van der Waals surface area contributed by atoms with Crippen LogP contribution in [0.4, 0.5) is 0 Å². The maximum atomic E-state index is 11.3. The lowest BCUT2D eigenvalue weighted by Gasteiger charge is -2.12. The summed E-state index contributed by atoms with van der Waals surface area (Å²) in [7, 11) is 0. The number of aldehydes is 1. The number of hydrogen-bond acceptors (Lipinski definition) is 3. The van der Waals surface area contributed by atoms with Crippen molar-refractivity contribution in [2.45, 2.75) is 31.8 Å². The highest BCUT2D eigenvalue weighted by molar-refractivity contribution is 5.84. The van der Waals surface area contributed by atoms with E-state index in [1.807, 2.05) is 0 Å². The maximum Gasteiger partial charge on any atom is 0.237 e. The molecule has 0 bridgehead atoms. The van der Waals surface area contributed by atoms with Gasteiger partial charge in [-0.25, -0.2) is 0 Å². The zero-order chi connectivity index (χ0) is 8.97. The van der Waals surface area contributed by atoms with Crippen molar-refractivity contribution in [1.82, 2.24) is 10.6 Å². The third-order valence-electron chi connectivity index (χ3n) is 1.95. The van der Waals surface area contributed by atoms with Crippen LogP contribution in [0.5, 0.6) is 0 Å². The lowest BCUT2D eigenvalue weighted by atomic mass is 10.2. The normalized spacial score (nSPS) is 24.9. The minimum absolute atomic E-state index is 0.0629. The van der Waals surface area contributed by atoms with Crippen molar-refractivity contribution in [3.63, 3.8) is 0 Å². The highest BCUT2D eigenvalue weighted by Crippen LogP contribution is 2.04. The first-order valence-electron chi connectivity index (χ1n) is 4.23. The molecule has 2 N–H and O–H groups in total. The molecule has 2 unspecified atom stereocenters. The van der Waals surface area contributed by atoms with E-state index in [0.29, 0.717) is 0 Å². The molecule has 4 nitrogen and oxygen atoms in total. The van der Waals surface area contributed by atoms with E-state index < -0.39 is 0 Å². The SMILES string of the molecule is CC(C=O)NC(=O)C1CCCN1. The van der Waals surface area contributed by atoms with Crippen molar-refractivity contribution in [2.75, 3.05) is 6.54 Å². The quantitative estimate of drug-likeness (QED) is 0.558. The Hall–Kier alpha value is -0.900. The molecule has 0 aromatic rings. The van der Waals surface area contributed by atoms with Gasteiger partial charge in [0, 0.05) is 0 Å².